The first-order valence-electron chi connectivity index (χ1n) is 30.8. The Labute approximate surface area is 471 Å². The minimum Gasteiger partial charge on any atom is -0.501 e. The predicted octanol–water partition coefficient (Wildman–Crippen LogP) is 20.7. The van der Waals surface area contributed by atoms with E-state index in [1.54, 1.807) is 31.7 Å². The lowest BCUT2D eigenvalue weighted by Gasteiger charge is -2.17. The normalized spacial score (nSPS) is 11.3. The molecule has 8 heteroatoms. The summed E-state index contributed by atoms with van der Waals surface area (Å²) in [4.78, 5) is 0. The fourth-order valence-electron chi connectivity index (χ4n) is 9.64. The molecule has 416 valence electrons. The molecule has 0 aromatic carbocycles. The zero-order valence-corrected chi connectivity index (χ0v) is 58.9. The monoisotopic (exact) mass is 1060 g/mol. The highest BCUT2D eigenvalue weighted by molar-refractivity contribution is 6.59. The Kier molecular flexibility index (Phi) is 67.8. The van der Waals surface area contributed by atoms with Crippen molar-refractivity contribution >= 4 is 72.5 Å². The van der Waals surface area contributed by atoms with E-state index in [2.05, 4.69) is 165 Å². The molecular weight excluding hydrogens is 928 g/mol. The first kappa shape index (κ1) is 80.9. The van der Waals surface area contributed by atoms with E-state index in [1.807, 2.05) is 12.2 Å². The second kappa shape index (κ2) is 58.7. The molecule has 0 rings (SSSR count). The van der Waals surface area contributed by atoms with E-state index in [-0.39, 0.29) is 0 Å². The smallest absolute Gasteiger partial charge is 0.461 e. The summed E-state index contributed by atoms with van der Waals surface area (Å²) >= 11 is -2.45. The summed E-state index contributed by atoms with van der Waals surface area (Å²) < 4.78 is 12.5. The second-order valence-electron chi connectivity index (χ2n) is 26.6. The number of aliphatic hydroxyl groups excluding tert-OH is 1. The molecule has 1 N–H and O–H groups in total. The number of hydrogen-bond acceptors (Lipinski definition) is 3. The summed E-state index contributed by atoms with van der Waals surface area (Å²) in [6.07, 6.45) is 16.0. The van der Waals surface area contributed by atoms with E-state index in [4.69, 9.17) is 12.7 Å². The minimum absolute atomic E-state index is 0.313. The van der Waals surface area contributed by atoms with Gasteiger partial charge in [-0.3, -0.25) is 0 Å². The van der Waals surface area contributed by atoms with Crippen LogP contribution >= 0.6 is 0 Å². The van der Waals surface area contributed by atoms with E-state index in [1.165, 1.54) is 70.2 Å². The molecule has 0 aliphatic heterocycles. The van der Waals surface area contributed by atoms with Gasteiger partial charge < -0.3 is 12.7 Å². The first-order valence-corrected chi connectivity index (χ1v) is 41.9. The van der Waals surface area contributed by atoms with Crippen LogP contribution in [0.3, 0.4) is 0 Å². The highest BCUT2D eigenvalue weighted by Crippen LogP contribution is 2.23. The Bertz CT molecular complexity index is 924. The molecule has 0 atom stereocenters. The Morgan fingerprint density at radius 2 is 0.643 bits per heavy atom. The zero-order valence-electron chi connectivity index (χ0n) is 52.9. The number of aliphatic hydroxyl groups is 1. The van der Waals surface area contributed by atoms with Gasteiger partial charge in [0.05, 0.1) is 0 Å². The van der Waals surface area contributed by atoms with E-state index >= 15 is 0 Å². The second-order valence-corrected chi connectivity index (χ2v) is 39.9. The number of unbranched alkanes of at least 4 members (excludes halogenated alkanes) is 7. The quantitative estimate of drug-likeness (QED) is 0.0378. The van der Waals surface area contributed by atoms with Crippen LogP contribution in [0.25, 0.3) is 0 Å². The molecule has 0 fully saturated rings. The minimum atomic E-state index is -0.951. The van der Waals surface area contributed by atoms with Crippen LogP contribution in [0.4, 0.5) is 0 Å². The van der Waals surface area contributed by atoms with Crippen LogP contribution in [0.5, 0.6) is 0 Å². The van der Waals surface area contributed by atoms with Gasteiger partial charge in [0.2, 0.25) is 15.2 Å². The fraction of sp³-hybridized carbons (Fsp3) is 0.935. The molecule has 0 bridgehead atoms. The fourth-order valence-corrected chi connectivity index (χ4v) is 26.4. The molecule has 0 saturated carbocycles. The molecule has 0 spiro atoms. The average molecular weight is 1060 g/mol. The van der Waals surface area contributed by atoms with E-state index in [0.29, 0.717) is 21.8 Å². The molecule has 0 heterocycles. The van der Waals surface area contributed by atoms with Crippen molar-refractivity contribution < 1.29 is 12.7 Å². The number of allylic oxidation sites excluding steroid dienone is 2. The zero-order chi connectivity index (χ0) is 54.9. The maximum absolute atomic E-state index is 8.26. The molecule has 0 amide bonds. The van der Waals surface area contributed by atoms with Crippen LogP contribution in [-0.4, -0.2) is 97.4 Å². The SMILES string of the molecule is C=CCCCCO.C=CCCCC[O][Al]([CH2]C(C)C)[CH2]C(C)C.CC(C)[CH2][AlH][CH2]C(C)C.CC(C)[CH2][Al]([CH2]C(C)C)[CH2]C(C)C.CC(C)[CH2][Al]([CH2]CCCCC[O][Al]([CH2]C(C)C)[CH2]C(C)C)[CH2]C(C)C. The van der Waals surface area contributed by atoms with Crippen LogP contribution in [0.1, 0.15) is 217 Å². The summed E-state index contributed by atoms with van der Waals surface area (Å²) in [5.74, 6) is 9.70. The summed E-state index contributed by atoms with van der Waals surface area (Å²) in [5, 5.41) is 26.1. The third-order valence-electron chi connectivity index (χ3n) is 12.4. The van der Waals surface area contributed by atoms with Crippen molar-refractivity contribution in [3.8, 4) is 0 Å². The van der Waals surface area contributed by atoms with Gasteiger partial charge in [-0.15, -0.1) is 13.2 Å². The molecule has 0 radical (unpaired) electrons. The molecule has 0 unspecified atom stereocenters. The summed E-state index contributed by atoms with van der Waals surface area (Å²) in [7, 11) is 0. The van der Waals surface area contributed by atoms with Gasteiger partial charge in [-0.05, 0) is 44.9 Å². The van der Waals surface area contributed by atoms with E-state index in [9.17, 15) is 0 Å². The van der Waals surface area contributed by atoms with Crippen molar-refractivity contribution in [1.29, 1.82) is 0 Å². The molecule has 70 heavy (non-hydrogen) atoms. The largest absolute Gasteiger partial charge is 0.501 e. The predicted molar refractivity (Wildman–Crippen MR) is 337 cm³/mol. The van der Waals surface area contributed by atoms with Crippen LogP contribution in [0.15, 0.2) is 25.3 Å². The molecule has 3 nitrogen and oxygen atoms in total. The van der Waals surface area contributed by atoms with Crippen LogP contribution < -0.4 is 0 Å². The van der Waals surface area contributed by atoms with E-state index < -0.39 is 57.3 Å². The van der Waals surface area contributed by atoms with Gasteiger partial charge in [-0.1, -0.05) is 312 Å². The van der Waals surface area contributed by atoms with Gasteiger partial charge in [0.25, 0.3) is 28.3 Å². The average Bonchev–Trinajstić information content (AvgIpc) is 3.19. The Morgan fingerprint density at radius 1 is 0.357 bits per heavy atom. The Hall–Kier alpha value is 2.02. The Morgan fingerprint density at radius 3 is 0.929 bits per heavy atom. The van der Waals surface area contributed by atoms with Gasteiger partial charge in [0.1, 0.15) is 0 Å². The van der Waals surface area contributed by atoms with Crippen LogP contribution in [0, 0.1) is 65.1 Å². The molecule has 0 aliphatic carbocycles. The lowest BCUT2D eigenvalue weighted by atomic mass is 10.2. The lowest BCUT2D eigenvalue weighted by Crippen LogP contribution is -2.22. The maximum Gasteiger partial charge on any atom is 0.461 e. The third kappa shape index (κ3) is 78.9. The number of rotatable bonds is 40. The van der Waals surface area contributed by atoms with Crippen molar-refractivity contribution in [1.82, 2.24) is 0 Å². The van der Waals surface area contributed by atoms with Crippen molar-refractivity contribution in [2.24, 2.45) is 65.1 Å². The molecule has 0 aromatic heterocycles. The third-order valence-corrected chi connectivity index (χ3v) is 32.0. The standard InChI is InChI=1S/2C6H12O.C6H11O.11C4H9.5Al.H/c3*1-2-3-4-5-6-7;11*1-4(2)3;;;;;;/h1-6H2;2,7H,1,3-6H2;2H,1,3-6H2;11*4H,1H2,2-3H3;;;;;;/q-1;;-1;;;;;;;;;;;;;;;2*+1;. The molecule has 0 saturated heterocycles. The van der Waals surface area contributed by atoms with Gasteiger partial charge in [0.15, 0.2) is 0 Å². The summed E-state index contributed by atoms with van der Waals surface area (Å²) in [5.41, 5.74) is 0. The van der Waals surface area contributed by atoms with Gasteiger partial charge in [0, 0.05) is 19.8 Å². The molecule has 0 aliphatic rings. The van der Waals surface area contributed by atoms with Crippen molar-refractivity contribution in [2.45, 2.75) is 280 Å². The van der Waals surface area contributed by atoms with Crippen molar-refractivity contribution in [2.75, 3.05) is 19.8 Å². The lowest BCUT2D eigenvalue weighted by molar-refractivity contribution is 0.285. The van der Waals surface area contributed by atoms with Gasteiger partial charge in [-0.25, -0.2) is 0 Å². The Balaban J connectivity index is -0.000000270. The highest BCUT2D eigenvalue weighted by atomic mass is 27.2. The van der Waals surface area contributed by atoms with E-state index in [0.717, 1.165) is 104 Å². The molecule has 0 aromatic rings. The highest BCUT2D eigenvalue weighted by Gasteiger charge is 2.25. The van der Waals surface area contributed by atoms with Gasteiger partial charge in [-0.2, -0.15) is 0 Å². The topological polar surface area (TPSA) is 38.7 Å². The van der Waals surface area contributed by atoms with Crippen molar-refractivity contribution in [3.63, 3.8) is 0 Å². The van der Waals surface area contributed by atoms with Crippen LogP contribution in [0.2, 0.25) is 63.4 Å². The van der Waals surface area contributed by atoms with Crippen LogP contribution in [-0.2, 0) is 7.58 Å². The number of hydrogen-bond donors (Lipinski definition) is 1. The molecular formula is C62H135Al5O3. The summed E-state index contributed by atoms with van der Waals surface area (Å²) in [6, 6.07) is 0. The first-order chi connectivity index (χ1) is 32.7. The van der Waals surface area contributed by atoms with Crippen molar-refractivity contribution in [3.05, 3.63) is 25.3 Å². The van der Waals surface area contributed by atoms with Gasteiger partial charge >= 0.3 is 29.0 Å². The summed E-state index contributed by atoms with van der Waals surface area (Å²) in [6.45, 7) is 61.4. The maximum atomic E-state index is 8.26.